The minimum absolute atomic E-state index is 0.0533. The molecule has 1 N–H and O–H groups in total. The van der Waals surface area contributed by atoms with E-state index < -0.39 is 5.91 Å². The molecule has 0 aliphatic carbocycles. The highest BCUT2D eigenvalue weighted by atomic mass is 16.5. The Hall–Kier alpha value is -3.85. The Bertz CT molecular complexity index is 1060. The van der Waals surface area contributed by atoms with Crippen molar-refractivity contribution in [3.8, 4) is 17.6 Å². The first-order valence-electron chi connectivity index (χ1n) is 8.16. The number of ether oxygens (including phenoxy) is 2. The number of methoxy groups -OCH3 is 2. The van der Waals surface area contributed by atoms with Crippen molar-refractivity contribution in [3.05, 3.63) is 65.9 Å². The number of aromatic nitrogens is 1. The molecule has 1 aromatic heterocycles. The zero-order valence-electron chi connectivity index (χ0n) is 14.9. The van der Waals surface area contributed by atoms with E-state index in [0.29, 0.717) is 22.7 Å². The van der Waals surface area contributed by atoms with Crippen LogP contribution in [0.25, 0.3) is 17.0 Å². The fraction of sp³-hybridized carbons (Fsp3) is 0.0952. The second kappa shape index (κ2) is 8.02. The minimum atomic E-state index is -0.515. The molecule has 3 aromatic rings. The molecule has 0 spiro atoms. The van der Waals surface area contributed by atoms with E-state index in [-0.39, 0.29) is 5.57 Å². The van der Waals surface area contributed by atoms with Crippen molar-refractivity contribution < 1.29 is 14.3 Å². The van der Waals surface area contributed by atoms with E-state index in [9.17, 15) is 10.1 Å². The quantitative estimate of drug-likeness (QED) is 0.553. The summed E-state index contributed by atoms with van der Waals surface area (Å²) in [4.78, 5) is 16.9. The molecule has 27 heavy (non-hydrogen) atoms. The zero-order chi connectivity index (χ0) is 19.2. The van der Waals surface area contributed by atoms with Gasteiger partial charge < -0.3 is 14.8 Å². The van der Waals surface area contributed by atoms with Gasteiger partial charge in [-0.05, 0) is 36.4 Å². The number of benzene rings is 2. The van der Waals surface area contributed by atoms with Crippen LogP contribution < -0.4 is 14.8 Å². The van der Waals surface area contributed by atoms with E-state index in [0.717, 1.165) is 10.9 Å². The van der Waals surface area contributed by atoms with Gasteiger partial charge in [0.05, 0.1) is 25.4 Å². The van der Waals surface area contributed by atoms with Gasteiger partial charge in [-0.1, -0.05) is 18.2 Å². The van der Waals surface area contributed by atoms with E-state index in [1.165, 1.54) is 20.3 Å². The van der Waals surface area contributed by atoms with Crippen molar-refractivity contribution in [2.24, 2.45) is 0 Å². The number of amides is 1. The predicted molar refractivity (Wildman–Crippen MR) is 104 cm³/mol. The summed E-state index contributed by atoms with van der Waals surface area (Å²) in [5.41, 5.74) is 1.86. The fourth-order valence-corrected chi connectivity index (χ4v) is 2.73. The van der Waals surface area contributed by atoms with E-state index in [1.54, 1.807) is 42.6 Å². The lowest BCUT2D eigenvalue weighted by atomic mass is 10.1. The Morgan fingerprint density at radius 2 is 1.93 bits per heavy atom. The Morgan fingerprint density at radius 3 is 2.67 bits per heavy atom. The number of rotatable bonds is 5. The number of fused-ring (bicyclic) bond motifs is 1. The minimum Gasteiger partial charge on any atom is -0.493 e. The second-order valence-corrected chi connectivity index (χ2v) is 5.58. The van der Waals surface area contributed by atoms with Crippen LogP contribution in [0.5, 0.6) is 11.5 Å². The van der Waals surface area contributed by atoms with Crippen molar-refractivity contribution in [2.45, 2.75) is 0 Å². The average Bonchev–Trinajstić information content (AvgIpc) is 2.71. The molecule has 0 aliphatic rings. The summed E-state index contributed by atoms with van der Waals surface area (Å²) in [6.07, 6.45) is 3.16. The Kier molecular flexibility index (Phi) is 5.33. The molecule has 2 aromatic carbocycles. The van der Waals surface area contributed by atoms with E-state index in [2.05, 4.69) is 10.3 Å². The Balaban J connectivity index is 1.95. The van der Waals surface area contributed by atoms with Crippen LogP contribution in [0, 0.1) is 11.3 Å². The summed E-state index contributed by atoms with van der Waals surface area (Å²) < 4.78 is 10.6. The lowest BCUT2D eigenvalue weighted by Gasteiger charge is -2.11. The number of carbonyl (C=O) groups is 1. The number of anilines is 1. The van der Waals surface area contributed by atoms with E-state index >= 15 is 0 Å². The molecule has 134 valence electrons. The smallest absolute Gasteiger partial charge is 0.266 e. The van der Waals surface area contributed by atoms with Gasteiger partial charge >= 0.3 is 0 Å². The normalized spacial score (nSPS) is 10.9. The Labute approximate surface area is 156 Å². The summed E-state index contributed by atoms with van der Waals surface area (Å²) in [7, 11) is 3.03. The molecular weight excluding hydrogens is 342 g/mol. The molecular formula is C21H17N3O3. The highest BCUT2D eigenvalue weighted by Crippen LogP contribution is 2.32. The summed E-state index contributed by atoms with van der Waals surface area (Å²) in [5, 5.41) is 13.1. The molecule has 0 saturated heterocycles. The SMILES string of the molecule is COc1cccc(C=C(C#N)C(=O)Nc2cccc3ncccc23)c1OC. The van der Waals surface area contributed by atoms with Gasteiger partial charge in [0.1, 0.15) is 11.6 Å². The van der Waals surface area contributed by atoms with Crippen LogP contribution >= 0.6 is 0 Å². The second-order valence-electron chi connectivity index (χ2n) is 5.58. The van der Waals surface area contributed by atoms with Crippen LogP contribution in [0.1, 0.15) is 5.56 Å². The maximum absolute atomic E-state index is 12.7. The van der Waals surface area contributed by atoms with Crippen LogP contribution in [0.3, 0.4) is 0 Å². The van der Waals surface area contributed by atoms with Gasteiger partial charge in [-0.3, -0.25) is 9.78 Å². The Morgan fingerprint density at radius 1 is 1.11 bits per heavy atom. The van der Waals surface area contributed by atoms with Gasteiger partial charge in [0.25, 0.3) is 5.91 Å². The van der Waals surface area contributed by atoms with Crippen LogP contribution in [-0.4, -0.2) is 25.1 Å². The number of nitriles is 1. The van der Waals surface area contributed by atoms with Crippen LogP contribution in [0.4, 0.5) is 5.69 Å². The number of para-hydroxylation sites is 1. The molecule has 0 radical (unpaired) electrons. The van der Waals surface area contributed by atoms with Crippen molar-refractivity contribution in [1.29, 1.82) is 5.26 Å². The monoisotopic (exact) mass is 359 g/mol. The summed E-state index contributed by atoms with van der Waals surface area (Å²) >= 11 is 0. The standard InChI is InChI=1S/C21H17N3O3/c1-26-19-10-3-6-14(20(19)27-2)12-15(13-22)21(25)24-18-9-4-8-17-16(18)7-5-11-23-17/h3-12H,1-2H3,(H,24,25). The summed E-state index contributed by atoms with van der Waals surface area (Å²) in [5.74, 6) is 0.456. The summed E-state index contributed by atoms with van der Waals surface area (Å²) in [6.45, 7) is 0. The zero-order valence-corrected chi connectivity index (χ0v) is 14.9. The van der Waals surface area contributed by atoms with Crippen molar-refractivity contribution in [2.75, 3.05) is 19.5 Å². The molecule has 6 nitrogen and oxygen atoms in total. The lowest BCUT2D eigenvalue weighted by Crippen LogP contribution is -2.13. The predicted octanol–water partition coefficient (Wildman–Crippen LogP) is 3.80. The van der Waals surface area contributed by atoms with Crippen molar-refractivity contribution in [1.82, 2.24) is 4.98 Å². The average molecular weight is 359 g/mol. The van der Waals surface area contributed by atoms with Gasteiger partial charge in [0.15, 0.2) is 11.5 Å². The van der Waals surface area contributed by atoms with E-state index in [4.69, 9.17) is 9.47 Å². The molecule has 6 heteroatoms. The lowest BCUT2D eigenvalue weighted by molar-refractivity contribution is -0.112. The molecule has 0 saturated carbocycles. The molecule has 1 amide bonds. The van der Waals surface area contributed by atoms with Gasteiger partial charge in [0.2, 0.25) is 0 Å². The van der Waals surface area contributed by atoms with E-state index in [1.807, 2.05) is 18.2 Å². The molecule has 1 heterocycles. The molecule has 0 aliphatic heterocycles. The first-order chi connectivity index (χ1) is 13.2. The highest BCUT2D eigenvalue weighted by molar-refractivity contribution is 6.12. The molecule has 0 fully saturated rings. The third-order valence-electron chi connectivity index (χ3n) is 3.99. The van der Waals surface area contributed by atoms with Gasteiger partial charge in [-0.25, -0.2) is 0 Å². The maximum atomic E-state index is 12.7. The number of hydrogen-bond donors (Lipinski definition) is 1. The van der Waals surface area contributed by atoms with Gasteiger partial charge in [-0.2, -0.15) is 5.26 Å². The topological polar surface area (TPSA) is 84.2 Å². The highest BCUT2D eigenvalue weighted by Gasteiger charge is 2.14. The third-order valence-corrected chi connectivity index (χ3v) is 3.99. The van der Waals surface area contributed by atoms with Gasteiger partial charge in [-0.15, -0.1) is 0 Å². The van der Waals surface area contributed by atoms with Crippen molar-refractivity contribution >= 4 is 28.6 Å². The summed E-state index contributed by atoms with van der Waals surface area (Å²) in [6, 6.07) is 16.3. The van der Waals surface area contributed by atoms with Crippen LogP contribution in [0.15, 0.2) is 60.3 Å². The van der Waals surface area contributed by atoms with Gasteiger partial charge in [0, 0.05) is 17.1 Å². The number of carbonyl (C=O) groups excluding carboxylic acids is 1. The van der Waals surface area contributed by atoms with Crippen LogP contribution in [0.2, 0.25) is 0 Å². The largest absolute Gasteiger partial charge is 0.493 e. The van der Waals surface area contributed by atoms with Crippen LogP contribution in [-0.2, 0) is 4.79 Å². The van der Waals surface area contributed by atoms with Crippen molar-refractivity contribution in [3.63, 3.8) is 0 Å². The fourth-order valence-electron chi connectivity index (χ4n) is 2.73. The number of nitrogens with one attached hydrogen (secondary N) is 1. The first-order valence-corrected chi connectivity index (χ1v) is 8.16. The maximum Gasteiger partial charge on any atom is 0.266 e. The number of pyridine rings is 1. The number of hydrogen-bond acceptors (Lipinski definition) is 5. The molecule has 0 atom stereocenters. The molecule has 0 unspecified atom stereocenters. The molecule has 0 bridgehead atoms. The number of nitrogens with zero attached hydrogens (tertiary/aromatic N) is 2. The first kappa shape index (κ1) is 18.0. The molecule has 3 rings (SSSR count). The third kappa shape index (κ3) is 3.72.